The fourth-order valence-electron chi connectivity index (χ4n) is 13.1. The maximum absolute atomic E-state index is 12.4. The zero-order valence-electron chi connectivity index (χ0n) is 60.8. The van der Waals surface area contributed by atoms with E-state index in [2.05, 4.69) is 146 Å². The monoisotopic (exact) mass is 1830 g/mol. The number of hydrogen-bond donors (Lipinski definition) is 0. The number of fused-ring (bicyclic) bond motifs is 17. The van der Waals surface area contributed by atoms with E-state index in [1.807, 2.05) is 121 Å². The SMILES string of the molecule is ClP(c1cccc2ccccc12)c1cccc2ccccc12.ClP1Oc2cc3ccccc3cc2O1.ClP1Oc2ccc3ccccc3c2Cc2c(ccc3ccccc23)O1.ClP1Oc2ccccc2O1.Clp1oc2ccccc2c2ccccc2o1.O=[N+]([O-])c1ccc2c(c1)OP(Cl)O2.O=c1c2ccccc2op(Cl)oc2ccccc12. The summed E-state index contributed by atoms with van der Waals surface area (Å²) in [5.41, 5.74) is 4.61. The number of para-hydroxylation sites is 6. The van der Waals surface area contributed by atoms with E-state index in [1.165, 1.54) is 71.9 Å². The maximum Gasteiger partial charge on any atom is 0.401 e. The smallest absolute Gasteiger partial charge is 0.401 e. The molecule has 30 heteroatoms. The van der Waals surface area contributed by atoms with Gasteiger partial charge in [-0.3, -0.25) is 14.9 Å². The number of rotatable bonds is 3. The lowest BCUT2D eigenvalue weighted by Crippen LogP contribution is -2.10. The predicted molar refractivity (Wildman–Crippen MR) is 492 cm³/mol. The molecule has 0 fully saturated rings. The first-order valence-electron chi connectivity index (χ1n) is 35.7. The molecule has 0 aliphatic carbocycles. The molecule has 0 saturated carbocycles. The van der Waals surface area contributed by atoms with Gasteiger partial charge in [-0.15, -0.1) is 0 Å². The summed E-state index contributed by atoms with van der Waals surface area (Å²) in [4.78, 5) is 22.3. The Hall–Kier alpha value is -9.73. The Morgan fingerprint density at radius 2 is 0.559 bits per heavy atom. The van der Waals surface area contributed by atoms with Crippen molar-refractivity contribution in [2.24, 2.45) is 0 Å². The number of hydrogen-bond acceptors (Lipinski definition) is 15. The number of non-ortho nitro benzene ring substituents is 1. The third-order valence-electron chi connectivity index (χ3n) is 18.5. The van der Waals surface area contributed by atoms with Crippen LogP contribution in [0.2, 0.25) is 0 Å². The maximum atomic E-state index is 12.4. The first-order chi connectivity index (χ1) is 57.6. The van der Waals surface area contributed by atoms with Gasteiger partial charge in [-0.2, -0.15) is 0 Å². The van der Waals surface area contributed by atoms with Gasteiger partial charge in [0.15, 0.2) is 34.5 Å². The fourth-order valence-corrected chi connectivity index (χ4v) is 22.1. The fraction of sp³-hybridized carbons (Fsp3) is 0.0114. The van der Waals surface area contributed by atoms with Gasteiger partial charge in [0.1, 0.15) is 33.8 Å². The van der Waals surface area contributed by atoms with Crippen molar-refractivity contribution in [2.75, 3.05) is 0 Å². The summed E-state index contributed by atoms with van der Waals surface area (Å²) in [6.45, 7) is 0. The summed E-state index contributed by atoms with van der Waals surface area (Å²) >= 11 is 42.3. The Kier molecular flexibility index (Phi) is 26.5. The summed E-state index contributed by atoms with van der Waals surface area (Å²) in [7, 11) is -9.45. The largest absolute Gasteiger partial charge is 0.427 e. The van der Waals surface area contributed by atoms with Crippen molar-refractivity contribution < 1.29 is 57.9 Å². The van der Waals surface area contributed by atoms with Crippen LogP contribution in [0.5, 0.6) is 46.0 Å². The molecule has 22 rings (SSSR count). The van der Waals surface area contributed by atoms with Gasteiger partial charge in [0.05, 0.1) is 29.0 Å². The molecule has 0 saturated heterocycles. The highest BCUT2D eigenvalue weighted by molar-refractivity contribution is 7.96. The average molecular weight is 1830 g/mol. The van der Waals surface area contributed by atoms with Crippen LogP contribution in [0.1, 0.15) is 11.1 Å². The highest BCUT2D eigenvalue weighted by Gasteiger charge is 2.29. The lowest BCUT2D eigenvalue weighted by Gasteiger charge is -2.23. The van der Waals surface area contributed by atoms with E-state index in [9.17, 15) is 14.9 Å². The number of nitro benzene ring substituents is 1. The summed E-state index contributed by atoms with van der Waals surface area (Å²) in [6.07, 6.45) is 0.743. The van der Waals surface area contributed by atoms with Crippen LogP contribution in [-0.2, 0) is 6.42 Å². The summed E-state index contributed by atoms with van der Waals surface area (Å²) in [5.74, 6) is 5.35. The van der Waals surface area contributed by atoms with Crippen LogP contribution >= 0.6 is 132 Å². The molecular weight excluding hydrogens is 1780 g/mol. The first-order valence-corrected chi connectivity index (χ1v) is 50.5. The molecule has 2 aromatic heterocycles. The van der Waals surface area contributed by atoms with E-state index in [0.29, 0.717) is 33.4 Å². The minimum Gasteiger partial charge on any atom is -0.427 e. The molecule has 16 aromatic carbocycles. The minimum absolute atomic E-state index is 0.0377. The number of nitrogens with zero attached hydrogens (tertiary/aromatic N) is 1. The summed E-state index contributed by atoms with van der Waals surface area (Å²) < 4.78 is 64.7. The zero-order chi connectivity index (χ0) is 81.2. The second kappa shape index (κ2) is 38.1. The quantitative estimate of drug-likeness (QED) is 0.0923. The molecule has 0 bridgehead atoms. The normalized spacial score (nSPS) is 13.4. The number of halogens is 7. The molecule has 6 heterocycles. The molecule has 18 aromatic rings. The summed E-state index contributed by atoms with van der Waals surface area (Å²) in [5, 5.41) is 27.9. The molecule has 4 aliphatic rings. The molecule has 118 heavy (non-hydrogen) atoms. The second-order valence-electron chi connectivity index (χ2n) is 25.6. The molecule has 16 nitrogen and oxygen atoms in total. The van der Waals surface area contributed by atoms with Crippen molar-refractivity contribution in [3.8, 4) is 46.0 Å². The van der Waals surface area contributed by atoms with Gasteiger partial charge in [0.2, 0.25) is 5.43 Å². The number of nitro groups is 1. The molecule has 0 N–H and O–H groups in total. The van der Waals surface area contributed by atoms with Gasteiger partial charge < -0.3 is 53.0 Å². The average Bonchev–Trinajstić information content (AvgIpc) is 1.15. The van der Waals surface area contributed by atoms with E-state index in [4.69, 9.17) is 132 Å². The van der Waals surface area contributed by atoms with E-state index in [0.717, 1.165) is 84.8 Å². The standard InChI is InChI=1S/C21H14ClO2P.C20H14ClP.C13H8ClO3P.C12H8ClO2P.C10H6ClO2P.C6H3ClNO4P.C6H4ClO2P/c22-25-23-20-11-9-14-5-1-3-7-16(14)18(20)13-19-17-8-4-2-6-15(17)10-12-21(19)24-25;21-22(19-13-5-9-15-7-1-3-11-17(15)19)20-14-6-10-16-8-2-4-12-18(16)20;14-18-16-11-7-3-1-5-9(11)13(15)10-6-2-4-8-12(10)17-18;13-16-14-11-7-3-1-5-9(11)10-6-2-4-8-12(10)15-16;11-14-12-9-5-7-3-1-2-4-8(7)6-10(9)13-14;7-13-11-5-2-1-4(8(9)10)3-6(5)12-13;7-10-8-5-3-1-2-4-6(5)9-10/h1-12H,13H2;1-14H;1-8H;1-8H;1-6H;1-3H;1-4H. The lowest BCUT2D eigenvalue weighted by molar-refractivity contribution is -0.384. The van der Waals surface area contributed by atoms with Crippen molar-refractivity contribution >= 4 is 246 Å². The third kappa shape index (κ3) is 19.3. The van der Waals surface area contributed by atoms with Crippen molar-refractivity contribution in [3.05, 3.63) is 365 Å². The molecule has 1 unspecified atom stereocenters. The van der Waals surface area contributed by atoms with E-state index < -0.39 is 57.8 Å². The molecule has 0 amide bonds. The van der Waals surface area contributed by atoms with Crippen LogP contribution in [0.25, 0.3) is 97.7 Å². The van der Waals surface area contributed by atoms with Crippen molar-refractivity contribution in [3.63, 3.8) is 0 Å². The first kappa shape index (κ1) is 82.0. The molecule has 4 aliphatic heterocycles. The van der Waals surface area contributed by atoms with Crippen LogP contribution in [0, 0.1) is 10.1 Å². The van der Waals surface area contributed by atoms with Gasteiger partial charge in [-0.1, -0.05) is 254 Å². The topological polar surface area (TPSA) is 187 Å². The van der Waals surface area contributed by atoms with Crippen LogP contribution in [0.15, 0.2) is 355 Å². The highest BCUT2D eigenvalue weighted by atomic mass is 35.7. The van der Waals surface area contributed by atoms with E-state index in [-0.39, 0.29) is 11.1 Å². The van der Waals surface area contributed by atoms with Crippen molar-refractivity contribution in [1.29, 1.82) is 0 Å². The van der Waals surface area contributed by atoms with Crippen LogP contribution in [-0.4, -0.2) is 4.92 Å². The third-order valence-corrected chi connectivity index (χ3v) is 27.8. The van der Waals surface area contributed by atoms with Crippen molar-refractivity contribution in [1.82, 2.24) is 0 Å². The molecule has 0 spiro atoms. The van der Waals surface area contributed by atoms with E-state index in [1.54, 1.807) is 48.5 Å². The van der Waals surface area contributed by atoms with Crippen LogP contribution in [0.4, 0.5) is 5.69 Å². The van der Waals surface area contributed by atoms with Crippen molar-refractivity contribution in [2.45, 2.75) is 6.42 Å². The molecular formula is C88H57Cl7NO15P7. The minimum atomic E-state index is -1.61. The van der Waals surface area contributed by atoms with Gasteiger partial charge in [-0.05, 0) is 178 Å². The Balaban J connectivity index is 0.000000105. The van der Waals surface area contributed by atoms with Crippen LogP contribution in [0.3, 0.4) is 0 Å². The Labute approximate surface area is 715 Å². The molecule has 1 atom stereocenters. The van der Waals surface area contributed by atoms with Gasteiger partial charge in [-0.25, -0.2) is 0 Å². The lowest BCUT2D eigenvalue weighted by atomic mass is 9.93. The Morgan fingerprint density at radius 1 is 0.280 bits per heavy atom. The Bertz CT molecular complexity index is 6580. The van der Waals surface area contributed by atoms with Gasteiger partial charge in [0.25, 0.3) is 5.69 Å². The zero-order valence-corrected chi connectivity index (χ0v) is 72.4. The highest BCUT2D eigenvalue weighted by Crippen LogP contribution is 2.58. The summed E-state index contributed by atoms with van der Waals surface area (Å²) in [6, 6.07) is 108. The second-order valence-corrected chi connectivity index (χ2v) is 37.9. The molecule has 0 radical (unpaired) electrons. The Morgan fingerprint density at radius 3 is 0.958 bits per heavy atom. The molecule has 588 valence electrons. The predicted octanol–water partition coefficient (Wildman–Crippen LogP) is 32.2. The van der Waals surface area contributed by atoms with Gasteiger partial charge in [0, 0.05) is 67.5 Å². The number of benzene rings is 16. The van der Waals surface area contributed by atoms with Crippen LogP contribution < -0.4 is 52.2 Å². The van der Waals surface area contributed by atoms with E-state index >= 15 is 0 Å². The van der Waals surface area contributed by atoms with Gasteiger partial charge >= 0.3 is 45.6 Å².